The molecule has 1 fully saturated rings. The SMILES string of the molecule is CC(C)Sc1ccccc1NC(=O)CC1(C(=O)O)CCC1. The van der Waals surface area contributed by atoms with Crippen LogP contribution in [-0.2, 0) is 9.59 Å². The first-order valence-electron chi connectivity index (χ1n) is 7.22. The lowest BCUT2D eigenvalue weighted by atomic mass is 9.66. The van der Waals surface area contributed by atoms with Crippen molar-refractivity contribution in [3.8, 4) is 0 Å². The number of aliphatic carboxylic acids is 1. The minimum atomic E-state index is -0.853. The van der Waals surface area contributed by atoms with Crippen LogP contribution in [0.1, 0.15) is 39.5 Å². The summed E-state index contributed by atoms with van der Waals surface area (Å²) >= 11 is 1.68. The number of nitrogens with one attached hydrogen (secondary N) is 1. The number of para-hydroxylation sites is 1. The number of carboxylic acid groups (broad SMARTS) is 1. The summed E-state index contributed by atoms with van der Waals surface area (Å²) < 4.78 is 0. The van der Waals surface area contributed by atoms with E-state index in [2.05, 4.69) is 19.2 Å². The molecule has 0 saturated heterocycles. The number of hydrogen-bond acceptors (Lipinski definition) is 3. The van der Waals surface area contributed by atoms with E-state index in [1.807, 2.05) is 24.3 Å². The molecule has 1 aliphatic rings. The topological polar surface area (TPSA) is 66.4 Å². The molecule has 1 aliphatic carbocycles. The van der Waals surface area contributed by atoms with E-state index in [1.165, 1.54) is 0 Å². The maximum absolute atomic E-state index is 12.2. The van der Waals surface area contributed by atoms with Crippen LogP contribution in [0, 0.1) is 5.41 Å². The average molecular weight is 307 g/mol. The predicted octanol–water partition coefficient (Wildman–Crippen LogP) is 3.77. The Morgan fingerprint density at radius 3 is 2.52 bits per heavy atom. The zero-order valence-corrected chi connectivity index (χ0v) is 13.2. The molecule has 0 spiro atoms. The number of carbonyl (C=O) groups excluding carboxylic acids is 1. The van der Waals surface area contributed by atoms with E-state index in [-0.39, 0.29) is 12.3 Å². The lowest BCUT2D eigenvalue weighted by molar-refractivity contribution is -0.157. The molecule has 2 N–H and O–H groups in total. The van der Waals surface area contributed by atoms with Gasteiger partial charge in [-0.15, -0.1) is 11.8 Å². The Morgan fingerprint density at radius 1 is 1.33 bits per heavy atom. The number of anilines is 1. The summed E-state index contributed by atoms with van der Waals surface area (Å²) in [5, 5.41) is 12.6. The molecule has 0 unspecified atom stereocenters. The van der Waals surface area contributed by atoms with Crippen LogP contribution in [0.15, 0.2) is 29.2 Å². The third-order valence-electron chi connectivity index (χ3n) is 3.79. The molecule has 0 radical (unpaired) electrons. The maximum atomic E-state index is 12.2. The second-order valence-corrected chi connectivity index (χ2v) is 7.45. The first kappa shape index (κ1) is 15.9. The first-order chi connectivity index (χ1) is 9.93. The number of carbonyl (C=O) groups is 2. The molecule has 1 amide bonds. The first-order valence-corrected chi connectivity index (χ1v) is 8.10. The molecule has 4 nitrogen and oxygen atoms in total. The van der Waals surface area contributed by atoms with Gasteiger partial charge in [-0.05, 0) is 25.0 Å². The van der Waals surface area contributed by atoms with Crippen molar-refractivity contribution in [2.75, 3.05) is 5.32 Å². The van der Waals surface area contributed by atoms with E-state index in [0.29, 0.717) is 18.1 Å². The highest BCUT2D eigenvalue weighted by molar-refractivity contribution is 8.00. The summed E-state index contributed by atoms with van der Waals surface area (Å²) in [5.74, 6) is -1.07. The van der Waals surface area contributed by atoms with Crippen LogP contribution in [0.5, 0.6) is 0 Å². The van der Waals surface area contributed by atoms with E-state index in [1.54, 1.807) is 11.8 Å². The average Bonchev–Trinajstić information content (AvgIpc) is 2.35. The molecule has 1 saturated carbocycles. The number of carboxylic acids is 1. The van der Waals surface area contributed by atoms with E-state index < -0.39 is 11.4 Å². The molecule has 1 aromatic carbocycles. The highest BCUT2D eigenvalue weighted by atomic mass is 32.2. The van der Waals surface area contributed by atoms with Crippen LogP contribution < -0.4 is 5.32 Å². The maximum Gasteiger partial charge on any atom is 0.310 e. The normalized spacial score (nSPS) is 16.3. The number of thioether (sulfide) groups is 1. The molecule has 1 aromatic rings. The molecule has 2 rings (SSSR count). The summed E-state index contributed by atoms with van der Waals surface area (Å²) in [6, 6.07) is 7.63. The number of benzene rings is 1. The van der Waals surface area contributed by atoms with Crippen LogP contribution in [0.4, 0.5) is 5.69 Å². The molecule has 0 heterocycles. The third-order valence-corrected chi connectivity index (χ3v) is 4.87. The second kappa shape index (κ2) is 6.52. The quantitative estimate of drug-likeness (QED) is 0.785. The second-order valence-electron chi connectivity index (χ2n) is 5.83. The Hall–Kier alpha value is -1.49. The van der Waals surface area contributed by atoms with Gasteiger partial charge >= 0.3 is 5.97 Å². The largest absolute Gasteiger partial charge is 0.481 e. The predicted molar refractivity (Wildman–Crippen MR) is 84.6 cm³/mol. The standard InChI is InChI=1S/C16H21NO3S/c1-11(2)21-13-7-4-3-6-12(13)17-14(18)10-16(15(19)20)8-5-9-16/h3-4,6-7,11H,5,8-10H2,1-2H3,(H,17,18)(H,19,20). The van der Waals surface area contributed by atoms with E-state index >= 15 is 0 Å². The van der Waals surface area contributed by atoms with Gasteiger partial charge in [-0.25, -0.2) is 0 Å². The van der Waals surface area contributed by atoms with Gasteiger partial charge in [0.05, 0.1) is 11.1 Å². The summed E-state index contributed by atoms with van der Waals surface area (Å²) in [6.07, 6.45) is 2.14. The molecule has 0 atom stereocenters. The van der Waals surface area contributed by atoms with Gasteiger partial charge in [0.1, 0.15) is 0 Å². The van der Waals surface area contributed by atoms with Crippen molar-refractivity contribution in [1.82, 2.24) is 0 Å². The van der Waals surface area contributed by atoms with Gasteiger partial charge in [0.2, 0.25) is 5.91 Å². The molecule has 0 aliphatic heterocycles. The molecule has 5 heteroatoms. The smallest absolute Gasteiger partial charge is 0.310 e. The summed E-state index contributed by atoms with van der Waals surface area (Å²) in [4.78, 5) is 24.5. The summed E-state index contributed by atoms with van der Waals surface area (Å²) in [6.45, 7) is 4.19. The highest BCUT2D eigenvalue weighted by Gasteiger charge is 2.45. The number of rotatable bonds is 6. The molecular weight excluding hydrogens is 286 g/mol. The van der Waals surface area contributed by atoms with Gasteiger partial charge < -0.3 is 10.4 Å². The Bertz CT molecular complexity index is 538. The Morgan fingerprint density at radius 2 is 2.00 bits per heavy atom. The van der Waals surface area contributed by atoms with Crippen LogP contribution in [0.3, 0.4) is 0 Å². The van der Waals surface area contributed by atoms with Gasteiger partial charge in [0, 0.05) is 16.6 Å². The lowest BCUT2D eigenvalue weighted by Gasteiger charge is -2.36. The van der Waals surface area contributed by atoms with Crippen molar-refractivity contribution >= 4 is 29.3 Å². The Balaban J connectivity index is 2.04. The van der Waals surface area contributed by atoms with Gasteiger partial charge in [0.25, 0.3) is 0 Å². The van der Waals surface area contributed by atoms with Crippen LogP contribution >= 0.6 is 11.8 Å². The zero-order valence-electron chi connectivity index (χ0n) is 12.4. The highest BCUT2D eigenvalue weighted by Crippen LogP contribution is 2.44. The fourth-order valence-electron chi connectivity index (χ4n) is 2.50. The summed E-state index contributed by atoms with van der Waals surface area (Å²) in [7, 11) is 0. The Kier molecular flexibility index (Phi) is 4.93. The van der Waals surface area contributed by atoms with Crippen LogP contribution in [0.25, 0.3) is 0 Å². The molecule has 21 heavy (non-hydrogen) atoms. The van der Waals surface area contributed by atoms with Crippen LogP contribution in [-0.4, -0.2) is 22.2 Å². The minimum Gasteiger partial charge on any atom is -0.481 e. The molecular formula is C16H21NO3S. The van der Waals surface area contributed by atoms with Crippen molar-refractivity contribution in [2.24, 2.45) is 5.41 Å². The molecule has 0 bridgehead atoms. The van der Waals surface area contributed by atoms with E-state index in [9.17, 15) is 14.7 Å². The number of hydrogen-bond donors (Lipinski definition) is 2. The van der Waals surface area contributed by atoms with Crippen molar-refractivity contribution in [3.05, 3.63) is 24.3 Å². The lowest BCUT2D eigenvalue weighted by Crippen LogP contribution is -2.41. The molecule has 114 valence electrons. The number of amides is 1. The van der Waals surface area contributed by atoms with E-state index in [0.717, 1.165) is 17.0 Å². The van der Waals surface area contributed by atoms with Crippen molar-refractivity contribution in [3.63, 3.8) is 0 Å². The summed E-state index contributed by atoms with van der Waals surface area (Å²) in [5.41, 5.74) is -0.0782. The van der Waals surface area contributed by atoms with Crippen molar-refractivity contribution in [2.45, 2.75) is 49.7 Å². The molecule has 0 aromatic heterocycles. The minimum absolute atomic E-state index is 0.0585. The monoisotopic (exact) mass is 307 g/mol. The van der Waals surface area contributed by atoms with Gasteiger partial charge in [-0.3, -0.25) is 9.59 Å². The van der Waals surface area contributed by atoms with Gasteiger partial charge in [0.15, 0.2) is 0 Å². The van der Waals surface area contributed by atoms with E-state index in [4.69, 9.17) is 0 Å². The third kappa shape index (κ3) is 3.79. The van der Waals surface area contributed by atoms with Gasteiger partial charge in [-0.2, -0.15) is 0 Å². The van der Waals surface area contributed by atoms with Gasteiger partial charge in [-0.1, -0.05) is 32.4 Å². The van der Waals surface area contributed by atoms with Crippen molar-refractivity contribution in [1.29, 1.82) is 0 Å². The fourth-order valence-corrected chi connectivity index (χ4v) is 3.41. The van der Waals surface area contributed by atoms with Crippen molar-refractivity contribution < 1.29 is 14.7 Å². The van der Waals surface area contributed by atoms with Crippen LogP contribution in [0.2, 0.25) is 0 Å². The Labute approximate surface area is 129 Å². The zero-order chi connectivity index (χ0) is 15.5. The fraction of sp³-hybridized carbons (Fsp3) is 0.500.